The smallest absolute Gasteiger partial charge is 0.286 e. The Morgan fingerprint density at radius 3 is 2.27 bits per heavy atom. The van der Waals surface area contributed by atoms with Gasteiger partial charge >= 0.3 is 0 Å². The van der Waals surface area contributed by atoms with Gasteiger partial charge in [-0.05, 0) is 18.6 Å². The van der Waals surface area contributed by atoms with Gasteiger partial charge in [0.05, 0.1) is 16.9 Å². The molecule has 1 aliphatic rings. The fraction of sp³-hybridized carbons (Fsp3) is 0.120. The maximum absolute atomic E-state index is 12.8. The lowest BCUT2D eigenvalue weighted by Crippen LogP contribution is -3.00. The summed E-state index contributed by atoms with van der Waals surface area (Å²) in [6.45, 7) is 2.77. The Bertz CT molecular complexity index is 1210. The molecule has 1 fully saturated rings. The zero-order chi connectivity index (χ0) is 19.8. The number of pyridine rings is 1. The Labute approximate surface area is 186 Å². The number of carbonyl (C=O) groups is 1. The number of nitrogens with zero attached hydrogens (tertiary/aromatic N) is 2. The first-order chi connectivity index (χ1) is 14.2. The number of amides is 1. The lowest BCUT2D eigenvalue weighted by Gasteiger charge is -2.24. The van der Waals surface area contributed by atoms with Crippen LogP contribution in [-0.4, -0.2) is 22.5 Å². The van der Waals surface area contributed by atoms with E-state index in [1.165, 1.54) is 17.3 Å². The maximum atomic E-state index is 12.8. The van der Waals surface area contributed by atoms with Crippen LogP contribution in [0.3, 0.4) is 0 Å². The molecule has 0 bridgehead atoms. The van der Waals surface area contributed by atoms with Crippen molar-refractivity contribution in [3.05, 3.63) is 84.4 Å². The second-order valence-electron chi connectivity index (χ2n) is 7.20. The predicted molar refractivity (Wildman–Crippen MR) is 123 cm³/mol. The average Bonchev–Trinajstić information content (AvgIpc) is 3.19. The molecule has 5 heteroatoms. The number of thioether (sulfide) groups is 1. The number of anilines is 1. The van der Waals surface area contributed by atoms with Gasteiger partial charge in [0, 0.05) is 28.8 Å². The molecule has 5 rings (SSSR count). The molecule has 0 spiro atoms. The number of aromatic nitrogens is 1. The quantitative estimate of drug-likeness (QED) is 0.497. The van der Waals surface area contributed by atoms with Gasteiger partial charge < -0.3 is 12.4 Å². The van der Waals surface area contributed by atoms with Crippen molar-refractivity contribution in [1.29, 1.82) is 0 Å². The predicted octanol–water partition coefficient (Wildman–Crippen LogP) is 3.55. The van der Waals surface area contributed by atoms with Gasteiger partial charge in [-0.15, -0.1) is 0 Å². The number of carbonyl (C=O) groups excluding carboxylic acids is 1. The van der Waals surface area contributed by atoms with Gasteiger partial charge in [-0.3, -0.25) is 9.69 Å². The van der Waals surface area contributed by atoms with Gasteiger partial charge in [0.1, 0.15) is 0 Å². The minimum atomic E-state index is 0. The van der Waals surface area contributed by atoms with Gasteiger partial charge in [-0.1, -0.05) is 90.1 Å². The van der Waals surface area contributed by atoms with Crippen molar-refractivity contribution in [1.82, 2.24) is 4.98 Å². The third-order valence-electron chi connectivity index (χ3n) is 5.28. The van der Waals surface area contributed by atoms with E-state index in [9.17, 15) is 4.79 Å². The summed E-state index contributed by atoms with van der Waals surface area (Å²) in [5.41, 5.74) is 7.10. The Hall–Kier alpha value is -2.82. The molecular weight excluding hydrogens is 412 g/mol. The molecule has 1 aliphatic heterocycles. The van der Waals surface area contributed by atoms with E-state index >= 15 is 0 Å². The van der Waals surface area contributed by atoms with Crippen molar-refractivity contribution < 1.29 is 17.2 Å². The number of fused-ring (bicyclic) bond motifs is 1. The molecule has 1 amide bonds. The second kappa shape index (κ2) is 8.50. The first kappa shape index (κ1) is 20.5. The van der Waals surface area contributed by atoms with Crippen molar-refractivity contribution in [3.8, 4) is 22.4 Å². The van der Waals surface area contributed by atoms with Crippen LogP contribution < -0.4 is 17.3 Å². The number of para-hydroxylation sites is 1. The molecule has 0 N–H and O–H groups in total. The van der Waals surface area contributed by atoms with E-state index in [1.54, 1.807) is 0 Å². The molecule has 30 heavy (non-hydrogen) atoms. The molecule has 3 nitrogen and oxygen atoms in total. The van der Waals surface area contributed by atoms with Gasteiger partial charge in [0.2, 0.25) is 0 Å². The Morgan fingerprint density at radius 2 is 1.57 bits per heavy atom. The molecule has 0 aliphatic carbocycles. The van der Waals surface area contributed by atoms with Crippen LogP contribution in [-0.2, 0) is 0 Å². The largest absolute Gasteiger partial charge is 1.00 e. The Kier molecular flexibility index (Phi) is 5.80. The standard InChI is InChI=1S/C25H20N2OS.ClH/c1-17-11-13-19(14-12-17)23-24(27-15-16-29-25(27)28)22(18-7-3-2-4-8-18)20-9-5-6-10-21(20)26-23;/h2-14H,15-16H2,1H3;1H/p-1. The van der Waals surface area contributed by atoms with Crippen LogP contribution in [0.15, 0.2) is 78.9 Å². The number of rotatable bonds is 3. The highest BCUT2D eigenvalue weighted by Crippen LogP contribution is 2.44. The number of aryl methyl sites for hydroxylation is 1. The molecule has 0 radical (unpaired) electrons. The molecule has 1 saturated heterocycles. The summed E-state index contributed by atoms with van der Waals surface area (Å²) in [6.07, 6.45) is 0. The van der Waals surface area contributed by atoms with E-state index in [0.29, 0.717) is 6.54 Å². The van der Waals surface area contributed by atoms with Gasteiger partial charge in [0.25, 0.3) is 5.24 Å². The van der Waals surface area contributed by atoms with Gasteiger partial charge in [-0.2, -0.15) is 0 Å². The summed E-state index contributed by atoms with van der Waals surface area (Å²) in [5.74, 6) is 0.799. The van der Waals surface area contributed by atoms with Crippen LogP contribution in [0.4, 0.5) is 10.5 Å². The second-order valence-corrected chi connectivity index (χ2v) is 8.25. The van der Waals surface area contributed by atoms with Crippen molar-refractivity contribution in [2.24, 2.45) is 0 Å². The van der Waals surface area contributed by atoms with Crippen molar-refractivity contribution in [2.75, 3.05) is 17.2 Å². The van der Waals surface area contributed by atoms with Crippen LogP contribution in [0.2, 0.25) is 0 Å². The summed E-state index contributed by atoms with van der Waals surface area (Å²) in [7, 11) is 0. The molecule has 0 atom stereocenters. The highest BCUT2D eigenvalue weighted by molar-refractivity contribution is 8.14. The number of hydrogen-bond acceptors (Lipinski definition) is 3. The molecule has 0 saturated carbocycles. The third-order valence-corrected chi connectivity index (χ3v) is 6.14. The molecule has 3 aromatic carbocycles. The summed E-state index contributed by atoms with van der Waals surface area (Å²) in [6, 6.07) is 26.9. The van der Waals surface area contributed by atoms with Gasteiger partial charge in [-0.25, -0.2) is 4.98 Å². The highest BCUT2D eigenvalue weighted by atomic mass is 35.5. The highest BCUT2D eigenvalue weighted by Gasteiger charge is 2.30. The number of hydrogen-bond donors (Lipinski definition) is 0. The average molecular weight is 432 g/mol. The van der Waals surface area contributed by atoms with Crippen molar-refractivity contribution >= 4 is 33.6 Å². The van der Waals surface area contributed by atoms with E-state index in [-0.39, 0.29) is 17.6 Å². The SMILES string of the molecule is Cc1ccc(-c2nc3ccccc3c(-c3ccccc3)c2N2CCSC2=O)cc1.[Cl-]. The Morgan fingerprint density at radius 1 is 0.867 bits per heavy atom. The first-order valence-corrected chi connectivity index (χ1v) is 10.7. The van der Waals surface area contributed by atoms with E-state index in [0.717, 1.165) is 44.7 Å². The summed E-state index contributed by atoms with van der Waals surface area (Å²) in [4.78, 5) is 19.7. The topological polar surface area (TPSA) is 33.2 Å². The van der Waals surface area contributed by atoms with Crippen LogP contribution in [0.25, 0.3) is 33.3 Å². The minimum absolute atomic E-state index is 0. The monoisotopic (exact) mass is 431 g/mol. The van der Waals surface area contributed by atoms with Crippen LogP contribution >= 0.6 is 11.8 Å². The van der Waals surface area contributed by atoms with Crippen LogP contribution in [0.1, 0.15) is 5.56 Å². The Balaban J connectivity index is 0.00000218. The van der Waals surface area contributed by atoms with Crippen LogP contribution in [0, 0.1) is 6.92 Å². The zero-order valence-electron chi connectivity index (χ0n) is 16.5. The minimum Gasteiger partial charge on any atom is -1.00 e. The molecule has 1 aromatic heterocycles. The lowest BCUT2D eigenvalue weighted by molar-refractivity contribution is -0.00000821. The molecular formula is C25H20ClN2OS-. The van der Waals surface area contributed by atoms with E-state index in [1.807, 2.05) is 41.3 Å². The summed E-state index contributed by atoms with van der Waals surface area (Å²) in [5, 5.41) is 1.15. The third kappa shape index (κ3) is 3.57. The van der Waals surface area contributed by atoms with E-state index < -0.39 is 0 Å². The zero-order valence-corrected chi connectivity index (χ0v) is 18.1. The van der Waals surface area contributed by atoms with Gasteiger partial charge in [0.15, 0.2) is 0 Å². The van der Waals surface area contributed by atoms with Crippen molar-refractivity contribution in [2.45, 2.75) is 6.92 Å². The maximum Gasteiger partial charge on any atom is 0.286 e. The first-order valence-electron chi connectivity index (χ1n) is 9.72. The molecule has 2 heterocycles. The van der Waals surface area contributed by atoms with Crippen LogP contribution in [0.5, 0.6) is 0 Å². The summed E-state index contributed by atoms with van der Waals surface area (Å²) < 4.78 is 0. The molecule has 150 valence electrons. The normalized spacial score (nSPS) is 13.5. The van der Waals surface area contributed by atoms with E-state index in [2.05, 4.69) is 49.4 Å². The van der Waals surface area contributed by atoms with E-state index in [4.69, 9.17) is 4.98 Å². The fourth-order valence-electron chi connectivity index (χ4n) is 3.87. The molecule has 0 unspecified atom stereocenters. The van der Waals surface area contributed by atoms with Crippen molar-refractivity contribution in [3.63, 3.8) is 0 Å². The number of benzene rings is 3. The lowest BCUT2D eigenvalue weighted by atomic mass is 9.94. The molecule has 4 aromatic rings. The fourth-order valence-corrected chi connectivity index (χ4v) is 4.66. The number of halogens is 1. The summed E-state index contributed by atoms with van der Waals surface area (Å²) >= 11 is 1.38.